The molecule has 2 atom stereocenters. The first kappa shape index (κ1) is 21.7. The number of carbonyl (C=O) groups excluding carboxylic acids is 1. The van der Waals surface area contributed by atoms with Gasteiger partial charge in [0.2, 0.25) is 5.91 Å². The number of nitrogens with one attached hydrogen (secondary N) is 3. The summed E-state index contributed by atoms with van der Waals surface area (Å²) in [6.45, 7) is 7.47. The molecule has 8 heteroatoms. The monoisotopic (exact) mass is 374 g/mol. The van der Waals surface area contributed by atoms with Gasteiger partial charge in [-0.1, -0.05) is 26.2 Å². The van der Waals surface area contributed by atoms with Crippen molar-refractivity contribution in [3.8, 4) is 0 Å². The van der Waals surface area contributed by atoms with E-state index in [9.17, 15) is 13.2 Å². The lowest BCUT2D eigenvalue weighted by atomic mass is 10.1. The fourth-order valence-electron chi connectivity index (χ4n) is 2.80. The molecule has 25 heavy (non-hydrogen) atoms. The maximum Gasteiger partial charge on any atom is 0.222 e. The maximum atomic E-state index is 11.9. The summed E-state index contributed by atoms with van der Waals surface area (Å²) in [6.07, 6.45) is 5.49. The van der Waals surface area contributed by atoms with Crippen molar-refractivity contribution in [1.82, 2.24) is 16.0 Å². The van der Waals surface area contributed by atoms with E-state index in [4.69, 9.17) is 0 Å². The number of unbranched alkanes of at least 4 members (excludes halogenated alkanes) is 2. The maximum absolute atomic E-state index is 11.9. The Hall–Kier alpha value is -1.31. The van der Waals surface area contributed by atoms with Crippen molar-refractivity contribution in [2.75, 3.05) is 24.6 Å². The zero-order chi connectivity index (χ0) is 18.7. The van der Waals surface area contributed by atoms with Crippen molar-refractivity contribution in [2.24, 2.45) is 4.99 Å². The third kappa shape index (κ3) is 9.67. The SMILES string of the molecule is CCCCCC(C)NC(=NCCC(=O)NC1CCS(=O)(=O)C1)NCC. The van der Waals surface area contributed by atoms with Gasteiger partial charge < -0.3 is 16.0 Å². The van der Waals surface area contributed by atoms with Gasteiger partial charge >= 0.3 is 0 Å². The van der Waals surface area contributed by atoms with E-state index < -0.39 is 9.84 Å². The normalized spacial score (nSPS) is 20.9. The number of amides is 1. The second-order valence-corrected chi connectivity index (χ2v) is 8.95. The largest absolute Gasteiger partial charge is 0.357 e. The van der Waals surface area contributed by atoms with Gasteiger partial charge in [-0.3, -0.25) is 9.79 Å². The molecule has 0 radical (unpaired) electrons. The van der Waals surface area contributed by atoms with Crippen molar-refractivity contribution >= 4 is 21.7 Å². The number of guanidine groups is 1. The van der Waals surface area contributed by atoms with Gasteiger partial charge in [-0.05, 0) is 26.7 Å². The minimum atomic E-state index is -2.97. The van der Waals surface area contributed by atoms with Crippen LogP contribution < -0.4 is 16.0 Å². The highest BCUT2D eigenvalue weighted by Crippen LogP contribution is 2.11. The summed E-state index contributed by atoms with van der Waals surface area (Å²) < 4.78 is 22.8. The first-order chi connectivity index (χ1) is 11.9. The van der Waals surface area contributed by atoms with E-state index in [1.807, 2.05) is 6.92 Å². The van der Waals surface area contributed by atoms with Gasteiger partial charge in [0.15, 0.2) is 15.8 Å². The molecule has 1 aliphatic heterocycles. The molecule has 0 saturated carbocycles. The average Bonchev–Trinajstić information content (AvgIpc) is 2.86. The van der Waals surface area contributed by atoms with E-state index in [1.54, 1.807) is 0 Å². The molecule has 2 unspecified atom stereocenters. The number of aliphatic imine (C=N–C) groups is 1. The molecule has 1 heterocycles. The zero-order valence-electron chi connectivity index (χ0n) is 15.8. The molecule has 0 aromatic rings. The fraction of sp³-hybridized carbons (Fsp3) is 0.882. The number of sulfone groups is 1. The van der Waals surface area contributed by atoms with Crippen LogP contribution in [0.5, 0.6) is 0 Å². The predicted octanol–water partition coefficient (Wildman–Crippen LogP) is 1.20. The summed E-state index contributed by atoms with van der Waals surface area (Å²) in [5.41, 5.74) is 0. The molecule has 0 aromatic heterocycles. The van der Waals surface area contributed by atoms with Crippen molar-refractivity contribution in [2.45, 2.75) is 71.4 Å². The number of hydrogen-bond acceptors (Lipinski definition) is 4. The Kier molecular flexibility index (Phi) is 9.85. The molecular weight excluding hydrogens is 340 g/mol. The molecule has 7 nitrogen and oxygen atoms in total. The summed E-state index contributed by atoms with van der Waals surface area (Å²) in [5, 5.41) is 9.34. The Labute approximate surface area is 152 Å². The van der Waals surface area contributed by atoms with Crippen molar-refractivity contribution in [1.29, 1.82) is 0 Å². The molecule has 0 bridgehead atoms. The highest BCUT2D eigenvalue weighted by Gasteiger charge is 2.28. The molecule has 146 valence electrons. The van der Waals surface area contributed by atoms with Crippen LogP contribution in [0.3, 0.4) is 0 Å². The van der Waals surface area contributed by atoms with Crippen molar-refractivity contribution in [3.63, 3.8) is 0 Å². The molecule has 3 N–H and O–H groups in total. The second-order valence-electron chi connectivity index (χ2n) is 6.72. The van der Waals surface area contributed by atoms with E-state index in [1.165, 1.54) is 19.3 Å². The zero-order valence-corrected chi connectivity index (χ0v) is 16.6. The number of carbonyl (C=O) groups is 1. The smallest absolute Gasteiger partial charge is 0.222 e. The molecule has 0 spiro atoms. The summed E-state index contributed by atoms with van der Waals surface area (Å²) in [7, 11) is -2.97. The van der Waals surface area contributed by atoms with Crippen LogP contribution in [-0.4, -0.2) is 57.0 Å². The van der Waals surface area contributed by atoms with E-state index >= 15 is 0 Å². The third-order valence-electron chi connectivity index (χ3n) is 4.17. The molecule has 1 amide bonds. The third-order valence-corrected chi connectivity index (χ3v) is 5.94. The number of hydrogen-bond donors (Lipinski definition) is 3. The highest BCUT2D eigenvalue weighted by molar-refractivity contribution is 7.91. The molecule has 1 saturated heterocycles. The van der Waals surface area contributed by atoms with E-state index in [0.29, 0.717) is 19.0 Å². The topological polar surface area (TPSA) is 99.7 Å². The van der Waals surface area contributed by atoms with Gasteiger partial charge in [0.05, 0.1) is 18.1 Å². The number of rotatable bonds is 10. The van der Waals surface area contributed by atoms with Crippen LogP contribution in [0.2, 0.25) is 0 Å². The van der Waals surface area contributed by atoms with Crippen LogP contribution in [0.25, 0.3) is 0 Å². The van der Waals surface area contributed by atoms with Crippen molar-refractivity contribution < 1.29 is 13.2 Å². The van der Waals surface area contributed by atoms with Crippen LogP contribution in [0.1, 0.15) is 59.3 Å². The first-order valence-corrected chi connectivity index (χ1v) is 11.2. The minimum absolute atomic E-state index is 0.0570. The Balaban J connectivity index is 2.34. The van der Waals surface area contributed by atoms with E-state index in [2.05, 4.69) is 34.8 Å². The summed E-state index contributed by atoms with van der Waals surface area (Å²) >= 11 is 0. The lowest BCUT2D eigenvalue weighted by Crippen LogP contribution is -2.42. The fourth-order valence-corrected chi connectivity index (χ4v) is 4.48. The molecule has 0 aliphatic carbocycles. The summed E-state index contributed by atoms with van der Waals surface area (Å²) in [6, 6.07) is 0.0910. The summed E-state index contributed by atoms with van der Waals surface area (Å²) in [4.78, 5) is 16.4. The molecule has 1 aliphatic rings. The van der Waals surface area contributed by atoms with Crippen LogP contribution >= 0.6 is 0 Å². The van der Waals surface area contributed by atoms with Gasteiger partial charge in [0.25, 0.3) is 0 Å². The molecule has 1 rings (SSSR count). The van der Waals surface area contributed by atoms with Gasteiger partial charge in [0.1, 0.15) is 0 Å². The van der Waals surface area contributed by atoms with E-state index in [-0.39, 0.29) is 29.9 Å². The lowest BCUT2D eigenvalue weighted by molar-refractivity contribution is -0.121. The Morgan fingerprint density at radius 3 is 2.64 bits per heavy atom. The second kappa shape index (κ2) is 11.3. The van der Waals surface area contributed by atoms with Crippen LogP contribution in [0, 0.1) is 0 Å². The Morgan fingerprint density at radius 1 is 1.28 bits per heavy atom. The Morgan fingerprint density at radius 2 is 2.04 bits per heavy atom. The quantitative estimate of drug-likeness (QED) is 0.303. The summed E-state index contributed by atoms with van der Waals surface area (Å²) in [5.74, 6) is 0.808. The van der Waals surface area contributed by atoms with Crippen LogP contribution in [0.15, 0.2) is 4.99 Å². The number of nitrogens with zero attached hydrogens (tertiary/aromatic N) is 1. The Bertz CT molecular complexity index is 534. The highest BCUT2D eigenvalue weighted by atomic mass is 32.2. The van der Waals surface area contributed by atoms with Gasteiger partial charge in [-0.2, -0.15) is 0 Å². The average molecular weight is 375 g/mol. The van der Waals surface area contributed by atoms with E-state index in [0.717, 1.165) is 18.9 Å². The first-order valence-electron chi connectivity index (χ1n) is 9.41. The van der Waals surface area contributed by atoms with Crippen LogP contribution in [0.4, 0.5) is 0 Å². The van der Waals surface area contributed by atoms with Crippen LogP contribution in [-0.2, 0) is 14.6 Å². The van der Waals surface area contributed by atoms with Gasteiger partial charge in [-0.15, -0.1) is 0 Å². The molecule has 0 aromatic carbocycles. The predicted molar refractivity (Wildman–Crippen MR) is 103 cm³/mol. The van der Waals surface area contributed by atoms with Gasteiger partial charge in [0, 0.05) is 25.0 Å². The molecular formula is C17H34N4O3S. The van der Waals surface area contributed by atoms with Crippen molar-refractivity contribution in [3.05, 3.63) is 0 Å². The molecule has 1 fully saturated rings. The lowest BCUT2D eigenvalue weighted by Gasteiger charge is -2.17. The van der Waals surface area contributed by atoms with Gasteiger partial charge in [-0.25, -0.2) is 8.42 Å². The minimum Gasteiger partial charge on any atom is -0.357 e. The standard InChI is InChI=1S/C17H34N4O3S/c1-4-6-7-8-14(3)20-17(18-5-2)19-11-9-16(22)21-15-10-12-25(23,24)13-15/h14-15H,4-13H2,1-3H3,(H,21,22)(H2,18,19,20).